The van der Waals surface area contributed by atoms with Gasteiger partial charge in [-0.3, -0.25) is 4.57 Å². The summed E-state index contributed by atoms with van der Waals surface area (Å²) in [7, 11) is -3.63. The Morgan fingerprint density at radius 1 is 1.00 bits per heavy atom. The van der Waals surface area contributed by atoms with Crippen molar-refractivity contribution in [3.63, 3.8) is 0 Å². The molecule has 0 unspecified atom stereocenters. The quantitative estimate of drug-likeness (QED) is 0.471. The van der Waals surface area contributed by atoms with E-state index in [4.69, 9.17) is 18.5 Å². The van der Waals surface area contributed by atoms with Crippen molar-refractivity contribution in [1.82, 2.24) is 0 Å². The minimum absolute atomic E-state index is 0.167. The van der Waals surface area contributed by atoms with Crippen molar-refractivity contribution >= 4 is 13.6 Å². The molecule has 0 saturated heterocycles. The first-order chi connectivity index (χ1) is 8.05. The molecule has 6 nitrogen and oxygen atoms in total. The van der Waals surface area contributed by atoms with Gasteiger partial charge in [-0.2, -0.15) is 0 Å². The summed E-state index contributed by atoms with van der Waals surface area (Å²) < 4.78 is 32.4. The number of esters is 1. The van der Waals surface area contributed by atoms with E-state index in [9.17, 15) is 9.36 Å². The molecule has 0 radical (unpaired) electrons. The minimum Gasteiger partial charge on any atom is -0.464 e. The van der Waals surface area contributed by atoms with Crippen LogP contribution in [0.1, 0.15) is 27.7 Å². The topological polar surface area (TPSA) is 71.1 Å². The molecule has 0 amide bonds. The molecule has 7 heteroatoms. The van der Waals surface area contributed by atoms with E-state index >= 15 is 0 Å². The fraction of sp³-hybridized carbons (Fsp3) is 0.900. The van der Waals surface area contributed by atoms with Gasteiger partial charge < -0.3 is 18.5 Å². The van der Waals surface area contributed by atoms with E-state index in [0.717, 1.165) is 0 Å². The molecule has 0 aromatic rings. The maximum atomic E-state index is 12.3. The molecule has 0 heterocycles. The van der Waals surface area contributed by atoms with Gasteiger partial charge in [0.15, 0.2) is 0 Å². The van der Waals surface area contributed by atoms with E-state index in [0.29, 0.717) is 0 Å². The van der Waals surface area contributed by atoms with Gasteiger partial charge in [-0.05, 0) is 27.7 Å². The van der Waals surface area contributed by atoms with Crippen LogP contribution < -0.4 is 0 Å². The predicted molar refractivity (Wildman–Crippen MR) is 62.9 cm³/mol. The Balaban J connectivity index is 4.94. The fourth-order valence-electron chi connectivity index (χ4n) is 1.19. The summed E-state index contributed by atoms with van der Waals surface area (Å²) in [6.07, 6.45) is 0. The van der Waals surface area contributed by atoms with Gasteiger partial charge in [0, 0.05) is 6.61 Å². The number of ether oxygens (including phenoxy) is 2. The highest BCUT2D eigenvalue weighted by Crippen LogP contribution is 2.53. The van der Waals surface area contributed by atoms with E-state index in [-0.39, 0.29) is 26.4 Å². The van der Waals surface area contributed by atoms with Gasteiger partial charge in [0.2, 0.25) is 0 Å². The lowest BCUT2D eigenvalue weighted by molar-refractivity contribution is -0.152. The summed E-state index contributed by atoms with van der Waals surface area (Å²) in [5.41, 5.74) is 0. The zero-order valence-electron chi connectivity index (χ0n) is 10.8. The zero-order valence-corrected chi connectivity index (χ0v) is 11.7. The highest BCUT2D eigenvalue weighted by molar-refractivity contribution is 7.55. The van der Waals surface area contributed by atoms with Gasteiger partial charge in [-0.25, -0.2) is 4.79 Å². The largest absolute Gasteiger partial charge is 0.464 e. The molecule has 17 heavy (non-hydrogen) atoms. The summed E-state index contributed by atoms with van der Waals surface area (Å²) >= 11 is 0. The molecule has 0 bridgehead atoms. The Kier molecular flexibility index (Phi) is 8.43. The lowest BCUT2D eigenvalue weighted by Crippen LogP contribution is -2.28. The van der Waals surface area contributed by atoms with E-state index in [1.165, 1.54) is 0 Å². The summed E-state index contributed by atoms with van der Waals surface area (Å²) in [6.45, 7) is 7.41. The van der Waals surface area contributed by atoms with Crippen LogP contribution in [0.25, 0.3) is 0 Å². The molecule has 0 saturated carbocycles. The molecule has 0 rings (SSSR count). The zero-order chi connectivity index (χ0) is 13.3. The monoisotopic (exact) mass is 268 g/mol. The van der Waals surface area contributed by atoms with Crippen molar-refractivity contribution in [3.05, 3.63) is 0 Å². The maximum Gasteiger partial charge on any atom is 0.370 e. The number of carbonyl (C=O) groups excluding carboxylic acids is 1. The Hall–Kier alpha value is -0.420. The van der Waals surface area contributed by atoms with Crippen LogP contribution in [0.5, 0.6) is 0 Å². The standard InChI is InChI=1S/C10H21O6P/c1-5-13-9(11)10(14-6-2)17(12,15-7-3)16-8-4/h10H,5-8H2,1-4H3/t10-/m1/s1. The second-order valence-corrected chi connectivity index (χ2v) is 5.00. The molecule has 102 valence electrons. The predicted octanol–water partition coefficient (Wildman–Crippen LogP) is 2.18. The number of rotatable bonds is 9. The van der Waals surface area contributed by atoms with Crippen LogP contribution in [0.4, 0.5) is 0 Å². The lowest BCUT2D eigenvalue weighted by Gasteiger charge is -2.24. The number of hydrogen-bond donors (Lipinski definition) is 0. The normalized spacial score (nSPS) is 13.4. The van der Waals surface area contributed by atoms with Gasteiger partial charge in [0.25, 0.3) is 5.85 Å². The molecular formula is C10H21O6P. The molecular weight excluding hydrogens is 247 g/mol. The van der Waals surface area contributed by atoms with Gasteiger partial charge >= 0.3 is 13.6 Å². The van der Waals surface area contributed by atoms with Crippen LogP contribution in [0.2, 0.25) is 0 Å². The second kappa shape index (κ2) is 8.64. The third-order valence-electron chi connectivity index (χ3n) is 1.72. The molecule has 0 aliphatic carbocycles. The molecule has 0 aromatic carbocycles. The highest BCUT2D eigenvalue weighted by Gasteiger charge is 2.43. The molecule has 0 fully saturated rings. The second-order valence-electron chi connectivity index (χ2n) is 2.94. The van der Waals surface area contributed by atoms with Gasteiger partial charge in [-0.1, -0.05) is 0 Å². The SMILES string of the molecule is CCOC(=O)[C@H](OCC)P(=O)(OCC)OCC. The molecule has 0 aliphatic heterocycles. The number of carbonyl (C=O) groups is 1. The van der Waals surface area contributed by atoms with Crippen molar-refractivity contribution in [3.8, 4) is 0 Å². The van der Waals surface area contributed by atoms with Crippen molar-refractivity contribution < 1.29 is 27.9 Å². The van der Waals surface area contributed by atoms with Gasteiger partial charge in [-0.15, -0.1) is 0 Å². The van der Waals surface area contributed by atoms with Crippen molar-refractivity contribution in [1.29, 1.82) is 0 Å². The van der Waals surface area contributed by atoms with Crippen LogP contribution in [-0.4, -0.2) is 38.2 Å². The summed E-state index contributed by atoms with van der Waals surface area (Å²) in [4.78, 5) is 11.7. The van der Waals surface area contributed by atoms with E-state index in [2.05, 4.69) is 0 Å². The van der Waals surface area contributed by atoms with Crippen molar-refractivity contribution in [2.24, 2.45) is 0 Å². The van der Waals surface area contributed by atoms with Crippen molar-refractivity contribution in [2.45, 2.75) is 33.5 Å². The first-order valence-corrected chi connectivity index (χ1v) is 7.33. The Morgan fingerprint density at radius 2 is 1.53 bits per heavy atom. The molecule has 0 spiro atoms. The van der Waals surface area contributed by atoms with Crippen molar-refractivity contribution in [2.75, 3.05) is 26.4 Å². The van der Waals surface area contributed by atoms with E-state index < -0.39 is 19.4 Å². The smallest absolute Gasteiger partial charge is 0.370 e. The number of hydrogen-bond acceptors (Lipinski definition) is 6. The van der Waals surface area contributed by atoms with Crippen LogP contribution in [0.15, 0.2) is 0 Å². The maximum absolute atomic E-state index is 12.3. The first kappa shape index (κ1) is 16.6. The third kappa shape index (κ3) is 5.17. The third-order valence-corrected chi connectivity index (χ3v) is 3.89. The van der Waals surface area contributed by atoms with Crippen LogP contribution >= 0.6 is 7.60 Å². The Morgan fingerprint density at radius 3 is 1.88 bits per heavy atom. The van der Waals surface area contributed by atoms with Gasteiger partial charge in [0.1, 0.15) is 0 Å². The minimum atomic E-state index is -3.63. The van der Waals surface area contributed by atoms with Gasteiger partial charge in [0.05, 0.1) is 19.8 Å². The average molecular weight is 268 g/mol. The Bertz CT molecular complexity index is 258. The fourth-order valence-corrected chi connectivity index (χ4v) is 2.92. The lowest BCUT2D eigenvalue weighted by atomic mass is 10.7. The average Bonchev–Trinajstić information content (AvgIpc) is 2.26. The Labute approximate surface area is 102 Å². The van der Waals surface area contributed by atoms with Crippen LogP contribution in [-0.2, 0) is 27.9 Å². The van der Waals surface area contributed by atoms with Crippen LogP contribution in [0.3, 0.4) is 0 Å². The summed E-state index contributed by atoms with van der Waals surface area (Å²) in [5.74, 6) is -2.04. The highest BCUT2D eigenvalue weighted by atomic mass is 31.2. The first-order valence-electron chi connectivity index (χ1n) is 5.72. The summed E-state index contributed by atoms with van der Waals surface area (Å²) in [6, 6.07) is 0. The molecule has 1 atom stereocenters. The molecule has 0 aromatic heterocycles. The molecule has 0 N–H and O–H groups in total. The van der Waals surface area contributed by atoms with Crippen LogP contribution in [0, 0.1) is 0 Å². The van der Waals surface area contributed by atoms with E-state index in [1.807, 2.05) is 0 Å². The van der Waals surface area contributed by atoms with E-state index in [1.54, 1.807) is 27.7 Å². The summed E-state index contributed by atoms with van der Waals surface area (Å²) in [5, 5.41) is 0. The molecule has 0 aliphatic rings.